The lowest BCUT2D eigenvalue weighted by Crippen LogP contribution is -2.27. The molecule has 1 saturated carbocycles. The highest BCUT2D eigenvalue weighted by Gasteiger charge is 2.35. The summed E-state index contributed by atoms with van der Waals surface area (Å²) in [6, 6.07) is 3.63. The summed E-state index contributed by atoms with van der Waals surface area (Å²) < 4.78 is 5.19. The smallest absolute Gasteiger partial charge is 0.254 e. The Balaban J connectivity index is 1.72. The summed E-state index contributed by atoms with van der Waals surface area (Å²) in [5, 5.41) is 11.6. The molecule has 5 heteroatoms. The molecule has 3 rings (SSSR count). The van der Waals surface area contributed by atoms with E-state index in [1.165, 1.54) is 23.8 Å². The number of hydrogen-bond donors (Lipinski definition) is 2. The first-order valence-electron chi connectivity index (χ1n) is 6.55. The van der Waals surface area contributed by atoms with Crippen LogP contribution in [0, 0.1) is 5.41 Å². The van der Waals surface area contributed by atoms with Crippen LogP contribution < -0.4 is 5.32 Å². The van der Waals surface area contributed by atoms with E-state index >= 15 is 0 Å². The first-order chi connectivity index (χ1) is 9.25. The Morgan fingerprint density at radius 1 is 1.53 bits per heavy atom. The molecule has 1 aliphatic heterocycles. The van der Waals surface area contributed by atoms with Crippen LogP contribution in [-0.2, 0) is 11.3 Å². The van der Waals surface area contributed by atoms with E-state index in [1.54, 1.807) is 12.3 Å². The third-order valence-corrected chi connectivity index (χ3v) is 4.83. The molecule has 4 nitrogen and oxygen atoms in total. The second kappa shape index (κ2) is 5.25. The summed E-state index contributed by atoms with van der Waals surface area (Å²) in [6.07, 6.45) is 5.99. The van der Waals surface area contributed by atoms with Crippen molar-refractivity contribution in [3.05, 3.63) is 35.3 Å². The Morgan fingerprint density at radius 2 is 2.42 bits per heavy atom. The van der Waals surface area contributed by atoms with E-state index in [9.17, 15) is 4.79 Å². The molecule has 2 N–H and O–H groups in total. The summed E-state index contributed by atoms with van der Waals surface area (Å²) in [5.74, 6) is 0.602. The molecule has 0 aromatic carbocycles. The fraction of sp³-hybridized carbons (Fsp3) is 0.429. The molecular weight excluding hydrogens is 260 g/mol. The Morgan fingerprint density at radius 3 is 3.21 bits per heavy atom. The fourth-order valence-corrected chi connectivity index (χ4v) is 3.95. The zero-order chi connectivity index (χ0) is 13.2. The van der Waals surface area contributed by atoms with Gasteiger partial charge in [0.05, 0.1) is 18.4 Å². The average Bonchev–Trinajstić information content (AvgIpc) is 3.02. The predicted molar refractivity (Wildman–Crippen MR) is 75.2 cm³/mol. The minimum absolute atomic E-state index is 0.131. The number of carbonyl (C=O) groups excluding carboxylic acids is 1. The van der Waals surface area contributed by atoms with Crippen molar-refractivity contribution in [2.24, 2.45) is 0 Å². The molecule has 1 aromatic rings. The number of hydrogen-bond acceptors (Lipinski definition) is 4. The van der Waals surface area contributed by atoms with Crippen molar-refractivity contribution in [1.29, 1.82) is 5.41 Å². The number of thioether (sulfide) groups is 1. The Kier molecular flexibility index (Phi) is 3.46. The van der Waals surface area contributed by atoms with Crippen molar-refractivity contribution in [2.75, 3.05) is 0 Å². The number of nitrogens with one attached hydrogen (secondary N) is 2. The largest absolute Gasteiger partial charge is 0.467 e. The van der Waals surface area contributed by atoms with Crippen LogP contribution in [0.15, 0.2) is 34.0 Å². The summed E-state index contributed by atoms with van der Waals surface area (Å²) in [6.45, 7) is 0.380. The Labute approximate surface area is 116 Å². The first kappa shape index (κ1) is 12.5. The second-order valence-electron chi connectivity index (χ2n) is 4.84. The Bertz CT molecular complexity index is 534. The SMILES string of the molecule is N=C1SC2CCCCC2=C1C(=O)NCc1ccco1. The maximum Gasteiger partial charge on any atom is 0.254 e. The van der Waals surface area contributed by atoms with Crippen LogP contribution in [0.3, 0.4) is 0 Å². The van der Waals surface area contributed by atoms with Gasteiger partial charge in [0.2, 0.25) is 0 Å². The van der Waals surface area contributed by atoms with Crippen molar-refractivity contribution in [1.82, 2.24) is 5.32 Å². The van der Waals surface area contributed by atoms with Gasteiger partial charge in [-0.25, -0.2) is 0 Å². The zero-order valence-electron chi connectivity index (χ0n) is 10.6. The number of furan rings is 1. The maximum absolute atomic E-state index is 12.2. The molecule has 2 aliphatic rings. The van der Waals surface area contributed by atoms with Gasteiger partial charge >= 0.3 is 0 Å². The molecular formula is C14H16N2O2S. The molecule has 1 fully saturated rings. The molecule has 1 aliphatic carbocycles. The van der Waals surface area contributed by atoms with E-state index in [-0.39, 0.29) is 5.91 Å². The van der Waals surface area contributed by atoms with E-state index in [0.29, 0.717) is 22.4 Å². The number of carbonyl (C=O) groups is 1. The molecule has 1 atom stereocenters. The minimum atomic E-state index is -0.131. The molecule has 100 valence electrons. The standard InChI is InChI=1S/C14H16N2O2S/c15-13-12(10-5-1-2-6-11(10)19-13)14(17)16-8-9-4-3-7-18-9/h3-4,7,11,15H,1-2,5-6,8H2,(H,16,17). The summed E-state index contributed by atoms with van der Waals surface area (Å²) in [7, 11) is 0. The third kappa shape index (κ3) is 2.47. The molecule has 1 aromatic heterocycles. The molecule has 1 unspecified atom stereocenters. The number of rotatable bonds is 3. The monoisotopic (exact) mass is 276 g/mol. The number of fused-ring (bicyclic) bond motifs is 1. The van der Waals surface area contributed by atoms with Crippen LogP contribution in [0.25, 0.3) is 0 Å². The van der Waals surface area contributed by atoms with E-state index in [2.05, 4.69) is 5.32 Å². The molecule has 0 radical (unpaired) electrons. The molecule has 0 bridgehead atoms. The highest BCUT2D eigenvalue weighted by atomic mass is 32.2. The van der Waals surface area contributed by atoms with Crippen LogP contribution in [-0.4, -0.2) is 16.2 Å². The Hall–Kier alpha value is -1.49. The lowest BCUT2D eigenvalue weighted by atomic mass is 9.91. The quantitative estimate of drug-likeness (QED) is 0.892. The molecule has 19 heavy (non-hydrogen) atoms. The van der Waals surface area contributed by atoms with Gasteiger partial charge in [-0.3, -0.25) is 10.2 Å². The third-order valence-electron chi connectivity index (χ3n) is 3.59. The van der Waals surface area contributed by atoms with Gasteiger partial charge in [0.1, 0.15) is 10.8 Å². The van der Waals surface area contributed by atoms with Gasteiger partial charge < -0.3 is 9.73 Å². The lowest BCUT2D eigenvalue weighted by molar-refractivity contribution is -0.117. The van der Waals surface area contributed by atoms with Gasteiger partial charge in [0.15, 0.2) is 0 Å². The molecule has 1 amide bonds. The van der Waals surface area contributed by atoms with Crippen molar-refractivity contribution in [2.45, 2.75) is 37.5 Å². The van der Waals surface area contributed by atoms with E-state index < -0.39 is 0 Å². The van der Waals surface area contributed by atoms with Crippen molar-refractivity contribution < 1.29 is 9.21 Å². The zero-order valence-corrected chi connectivity index (χ0v) is 11.4. The van der Waals surface area contributed by atoms with Crippen molar-refractivity contribution in [3.63, 3.8) is 0 Å². The van der Waals surface area contributed by atoms with Crippen molar-refractivity contribution >= 4 is 22.7 Å². The summed E-state index contributed by atoms with van der Waals surface area (Å²) >= 11 is 1.53. The van der Waals surface area contributed by atoms with Crippen LogP contribution >= 0.6 is 11.8 Å². The topological polar surface area (TPSA) is 66.1 Å². The highest BCUT2D eigenvalue weighted by molar-refractivity contribution is 8.15. The average molecular weight is 276 g/mol. The predicted octanol–water partition coefficient (Wildman–Crippen LogP) is 2.86. The summed E-state index contributed by atoms with van der Waals surface area (Å²) in [4.78, 5) is 12.2. The molecule has 2 heterocycles. The first-order valence-corrected chi connectivity index (χ1v) is 7.43. The van der Waals surface area contributed by atoms with E-state index in [4.69, 9.17) is 9.83 Å². The maximum atomic E-state index is 12.2. The van der Waals surface area contributed by atoms with Crippen LogP contribution in [0.4, 0.5) is 0 Å². The minimum Gasteiger partial charge on any atom is -0.467 e. The lowest BCUT2D eigenvalue weighted by Gasteiger charge is -2.19. The van der Waals surface area contributed by atoms with Gasteiger partial charge in [0.25, 0.3) is 5.91 Å². The highest BCUT2D eigenvalue weighted by Crippen LogP contribution is 2.42. The van der Waals surface area contributed by atoms with E-state index in [0.717, 1.165) is 25.0 Å². The van der Waals surface area contributed by atoms with E-state index in [1.807, 2.05) is 6.07 Å². The van der Waals surface area contributed by atoms with Gasteiger partial charge in [-0.2, -0.15) is 0 Å². The van der Waals surface area contributed by atoms with Crippen LogP contribution in [0.5, 0.6) is 0 Å². The molecule has 0 saturated heterocycles. The van der Waals surface area contributed by atoms with Gasteiger partial charge in [-0.1, -0.05) is 18.2 Å². The van der Waals surface area contributed by atoms with Crippen molar-refractivity contribution in [3.8, 4) is 0 Å². The summed E-state index contributed by atoms with van der Waals surface area (Å²) in [5.41, 5.74) is 1.79. The fourth-order valence-electron chi connectivity index (χ4n) is 2.66. The van der Waals surface area contributed by atoms with Crippen LogP contribution in [0.2, 0.25) is 0 Å². The number of amides is 1. The second-order valence-corrected chi connectivity index (χ2v) is 6.06. The van der Waals surface area contributed by atoms with Crippen LogP contribution in [0.1, 0.15) is 31.4 Å². The van der Waals surface area contributed by atoms with Gasteiger partial charge in [-0.15, -0.1) is 0 Å². The normalized spacial score (nSPS) is 22.5. The van der Waals surface area contributed by atoms with Gasteiger partial charge in [-0.05, 0) is 37.0 Å². The van der Waals surface area contributed by atoms with Gasteiger partial charge in [0, 0.05) is 5.25 Å². The molecule has 0 spiro atoms.